The Morgan fingerprint density at radius 3 is 1.74 bits per heavy atom. The number of ether oxygens (including phenoxy) is 1. The molecule has 1 heterocycles. The number of hydrazine groups is 1. The van der Waals surface area contributed by atoms with Gasteiger partial charge in [-0.1, -0.05) is 61.6 Å². The number of methoxy groups -OCH3 is 1. The highest BCUT2D eigenvalue weighted by molar-refractivity contribution is 5.91. The van der Waals surface area contributed by atoms with Gasteiger partial charge in [-0.2, -0.15) is 0 Å². The lowest BCUT2D eigenvalue weighted by Crippen LogP contribution is -2.28. The molecule has 0 aliphatic carbocycles. The summed E-state index contributed by atoms with van der Waals surface area (Å²) in [5.41, 5.74) is 4.73. The van der Waals surface area contributed by atoms with E-state index in [1.165, 1.54) is 11.1 Å². The van der Waals surface area contributed by atoms with Gasteiger partial charge in [0.2, 0.25) is 0 Å². The minimum Gasteiger partial charge on any atom is -0.495 e. The summed E-state index contributed by atoms with van der Waals surface area (Å²) < 4.78 is 5.46. The van der Waals surface area contributed by atoms with Crippen molar-refractivity contribution < 1.29 is 30.3 Å². The summed E-state index contributed by atoms with van der Waals surface area (Å²) in [6.45, 7) is 7.98. The molecule has 3 rings (SSSR count). The van der Waals surface area contributed by atoms with E-state index >= 15 is 0 Å². The molecule has 14 heteroatoms. The molecule has 0 aliphatic rings. The molecule has 1 aromatic heterocycles. The van der Waals surface area contributed by atoms with Crippen LogP contribution in [-0.2, 0) is 0 Å². The van der Waals surface area contributed by atoms with E-state index in [9.17, 15) is 14.9 Å². The first-order valence-electron chi connectivity index (χ1n) is 18.0. The van der Waals surface area contributed by atoms with E-state index in [4.69, 9.17) is 9.72 Å². The molecule has 3 aromatic rings. The van der Waals surface area contributed by atoms with Crippen molar-refractivity contribution in [2.45, 2.75) is 46.6 Å². The number of nitrogens with two attached hydrogens (primary N) is 1. The average molecular weight is 841 g/mol. The third-order valence-corrected chi connectivity index (χ3v) is 6.44. The maximum atomic E-state index is 11.8. The van der Waals surface area contributed by atoms with Crippen LogP contribution in [0.25, 0.3) is 11.3 Å². The van der Waals surface area contributed by atoms with Gasteiger partial charge in [-0.25, -0.2) is 9.78 Å². The topological polar surface area (TPSA) is 194 Å². The number of urea groups is 1. The minimum absolute atomic E-state index is 0. The van der Waals surface area contributed by atoms with Crippen molar-refractivity contribution in [2.24, 2.45) is 16.3 Å². The summed E-state index contributed by atoms with van der Waals surface area (Å²) >= 11 is 0. The van der Waals surface area contributed by atoms with E-state index in [2.05, 4.69) is 187 Å². The Balaban J connectivity index is -0.0000000927. The molecule has 0 spiro atoms. The van der Waals surface area contributed by atoms with Crippen LogP contribution in [0.4, 0.5) is 16.3 Å². The molecule has 2 amide bonds. The molecule has 326 valence electrons. The van der Waals surface area contributed by atoms with Gasteiger partial charge in [-0.3, -0.25) is 10.8 Å². The molecule has 6 N–H and O–H groups in total. The van der Waals surface area contributed by atoms with Crippen molar-refractivity contribution in [1.82, 2.24) is 20.8 Å². The smallest absolute Gasteiger partial charge is 0.319 e. The lowest BCUT2D eigenvalue weighted by atomic mass is 10.0. The summed E-state index contributed by atoms with van der Waals surface area (Å²) in [6.07, 6.45) is 5.49. The second-order valence-electron chi connectivity index (χ2n) is 10.7. The van der Waals surface area contributed by atoms with Crippen LogP contribution in [0.15, 0.2) is 71.4 Å². The Morgan fingerprint density at radius 1 is 0.806 bits per heavy atom. The number of hydrogen-bond donors (Lipinski definition) is 5. The van der Waals surface area contributed by atoms with Crippen molar-refractivity contribution >= 4 is 17.5 Å². The van der Waals surface area contributed by atoms with E-state index in [1.807, 2.05) is 37.3 Å². The normalized spacial score (nSPS) is 8.27. The first-order chi connectivity index (χ1) is 30.3. The van der Waals surface area contributed by atoms with Gasteiger partial charge in [-0.05, 0) is 140 Å². The van der Waals surface area contributed by atoms with Gasteiger partial charge in [0.25, 0.3) is 0 Å². The molecule has 0 saturated carbocycles. The summed E-state index contributed by atoms with van der Waals surface area (Å²) in [5, 5.41) is 22.5. The minimum atomic E-state index is -0.879. The van der Waals surface area contributed by atoms with Crippen molar-refractivity contribution in [3.63, 3.8) is 0 Å². The first-order valence-corrected chi connectivity index (χ1v) is 18.0. The largest absolute Gasteiger partial charge is 0.495 e. The van der Waals surface area contributed by atoms with Gasteiger partial charge in [0.15, 0.2) is 5.22 Å². The van der Waals surface area contributed by atoms with Crippen LogP contribution < -0.4 is 32.1 Å². The number of aromatic nitrogens is 2. The highest BCUT2D eigenvalue weighted by Gasteiger charge is 2.13. The standard InChI is InChI=1S/C24H29N5O2.C24H6.H3N5O2.11H2/c1-4-9-19(17-10-7-6-8-11-17)27-23-16-25-15-21(28-23)18-12-13-20(22(14-18)31-3)29-24(30)26-5-2;1-3-5-7-9-11-13-15-17-19-21-23-24-22-20-18-16-14-12-10-8-6-4-2;1-2-3-4-5(6)7;;;;;;;;;;;/h6-8,10-16,19H,4-5,9H2,1-3H3,(H,27,28)(H2,26,29,30);1-2H3;(H2,1,3)(H,2,4);11*1H/t19-;;;;;;;;;;;;;/m0............./s1. The molecule has 14 nitrogen and oxygen atoms in total. The number of hydrogen-bond acceptors (Lipinski definition) is 9. The number of amides is 2. The summed E-state index contributed by atoms with van der Waals surface area (Å²) in [7, 11) is 1.57. The number of nitro groups is 1. The van der Waals surface area contributed by atoms with Crippen molar-refractivity contribution in [1.29, 1.82) is 0 Å². The van der Waals surface area contributed by atoms with Gasteiger partial charge >= 0.3 is 6.03 Å². The quantitative estimate of drug-likeness (QED) is 0.0418. The van der Waals surface area contributed by atoms with Crippen LogP contribution in [0, 0.1) is 140 Å². The fourth-order valence-electron chi connectivity index (χ4n) is 4.08. The Labute approximate surface area is 379 Å². The SMILES string of the molecule is CC#CC#CC#CC#CC#CC#CC#CC#CC#CC#CC#CC.CCC[C@H](Nc1cncc(-c2ccc(NC(=O)NCC)c(OC)c2)n1)c1ccccc1.NN=NN[N+](=O)[O-].[HH].[HH].[HH].[HH].[HH].[HH].[HH].[HH].[HH].[HH].[HH]. The lowest BCUT2D eigenvalue weighted by molar-refractivity contribution is -0.546. The Morgan fingerprint density at radius 2 is 1.32 bits per heavy atom. The van der Waals surface area contributed by atoms with Gasteiger partial charge in [0.05, 0.1) is 47.2 Å². The summed E-state index contributed by atoms with van der Waals surface area (Å²) in [6, 6.07) is 15.8. The molecule has 1 atom stereocenters. The maximum absolute atomic E-state index is 11.8. The maximum Gasteiger partial charge on any atom is 0.319 e. The third kappa shape index (κ3) is 24.6. The zero-order valence-electron chi connectivity index (χ0n) is 34.4. The fourth-order valence-corrected chi connectivity index (χ4v) is 4.08. The molecule has 0 bridgehead atoms. The zero-order valence-corrected chi connectivity index (χ0v) is 34.4. The molecular formula is C48H60N10O4. The third-order valence-electron chi connectivity index (χ3n) is 6.44. The van der Waals surface area contributed by atoms with Crippen LogP contribution in [0.5, 0.6) is 5.75 Å². The average Bonchev–Trinajstić information content (AvgIpc) is 3.28. The zero-order chi connectivity index (χ0) is 45.3. The Bertz CT molecular complexity index is 2690. The van der Waals surface area contributed by atoms with Crippen molar-refractivity contribution in [3.8, 4) is 147 Å². The second kappa shape index (κ2) is 34.4. The van der Waals surface area contributed by atoms with Crippen molar-refractivity contribution in [3.05, 3.63) is 76.6 Å². The number of rotatable bonds is 11. The Kier molecular flexibility index (Phi) is 27.8. The highest BCUT2D eigenvalue weighted by atomic mass is 16.7. The van der Waals surface area contributed by atoms with Gasteiger partial charge in [0.1, 0.15) is 11.6 Å². The van der Waals surface area contributed by atoms with Crippen LogP contribution in [0.1, 0.15) is 67.8 Å². The van der Waals surface area contributed by atoms with Crippen LogP contribution in [0.3, 0.4) is 0 Å². The lowest BCUT2D eigenvalue weighted by Gasteiger charge is -2.19. The molecule has 0 fully saturated rings. The first kappa shape index (κ1) is 50.2. The molecule has 0 radical (unpaired) electrons. The number of anilines is 2. The van der Waals surface area contributed by atoms with Crippen molar-refractivity contribution in [2.75, 3.05) is 24.3 Å². The number of benzene rings is 2. The van der Waals surface area contributed by atoms with E-state index in [0.717, 1.165) is 24.1 Å². The van der Waals surface area contributed by atoms with E-state index in [-0.39, 0.29) is 27.8 Å². The van der Waals surface area contributed by atoms with Gasteiger partial charge in [0, 0.05) is 57.0 Å². The summed E-state index contributed by atoms with van der Waals surface area (Å²) in [5.74, 6) is 61.2. The fraction of sp³-hybridized carbons (Fsp3) is 0.188. The van der Waals surface area contributed by atoms with Crippen LogP contribution in [0.2, 0.25) is 0 Å². The van der Waals surface area contributed by atoms with Gasteiger partial charge in [-0.15, -0.1) is 0 Å². The molecular weight excluding hydrogens is 781 g/mol. The molecule has 0 unspecified atom stereocenters. The van der Waals surface area contributed by atoms with Gasteiger partial charge < -0.3 is 30.8 Å². The van der Waals surface area contributed by atoms with E-state index in [1.54, 1.807) is 39.4 Å². The molecule has 0 aliphatic heterocycles. The predicted molar refractivity (Wildman–Crippen MR) is 264 cm³/mol. The molecule has 0 saturated heterocycles. The number of carbonyl (C=O) groups excluding carboxylic acids is 1. The predicted octanol–water partition coefficient (Wildman–Crippen LogP) is 8.03. The number of nitrogens with one attached hydrogen (secondary N) is 4. The molecule has 62 heavy (non-hydrogen) atoms. The second-order valence-corrected chi connectivity index (χ2v) is 10.7. The van der Waals surface area contributed by atoms with E-state index < -0.39 is 5.03 Å². The summed E-state index contributed by atoms with van der Waals surface area (Å²) in [4.78, 5) is 30.2. The Hall–Kier alpha value is -9.85. The van der Waals surface area contributed by atoms with Crippen LogP contribution in [-0.4, -0.2) is 34.7 Å². The highest BCUT2D eigenvalue weighted by Crippen LogP contribution is 2.31. The van der Waals surface area contributed by atoms with E-state index in [0.29, 0.717) is 23.8 Å². The molecule has 2 aromatic carbocycles. The number of carbonyl (C=O) groups is 1. The monoisotopic (exact) mass is 840 g/mol. The number of nitrogens with zero attached hydrogens (tertiary/aromatic N) is 5. The van der Waals surface area contributed by atoms with Crippen LogP contribution >= 0.6 is 0 Å².